The van der Waals surface area contributed by atoms with Crippen molar-refractivity contribution in [1.29, 1.82) is 0 Å². The molecular weight excluding hydrogens is 211 g/mol. The van der Waals surface area contributed by atoms with Crippen molar-refractivity contribution in [3.63, 3.8) is 0 Å². The first-order chi connectivity index (χ1) is 7.74. The van der Waals surface area contributed by atoms with Crippen LogP contribution >= 0.6 is 0 Å². The topological polar surface area (TPSA) is 69.8 Å². The highest BCUT2D eigenvalue weighted by Crippen LogP contribution is 2.08. The number of anilines is 2. The predicted molar refractivity (Wildman–Crippen MR) is 57.6 cm³/mol. The van der Waals surface area contributed by atoms with Gasteiger partial charge in [0.1, 0.15) is 5.82 Å². The number of rotatable bonds is 2. The Hall–Kier alpha value is -2.37. The van der Waals surface area contributed by atoms with Crippen molar-refractivity contribution in [3.05, 3.63) is 42.5 Å². The summed E-state index contributed by atoms with van der Waals surface area (Å²) < 4.78 is 12.6. The summed E-state index contributed by atoms with van der Waals surface area (Å²) in [6.07, 6.45) is 3.11. The highest BCUT2D eigenvalue weighted by atomic mass is 19.1. The summed E-state index contributed by atoms with van der Waals surface area (Å²) in [6.45, 7) is 0. The van der Waals surface area contributed by atoms with Gasteiger partial charge < -0.3 is 10.3 Å². The molecule has 2 aromatic rings. The molecule has 0 saturated heterocycles. The van der Waals surface area contributed by atoms with E-state index in [-0.39, 0.29) is 5.82 Å². The van der Waals surface area contributed by atoms with Crippen LogP contribution in [-0.4, -0.2) is 16.0 Å². The van der Waals surface area contributed by atoms with Crippen LogP contribution in [0.2, 0.25) is 0 Å². The summed E-state index contributed by atoms with van der Waals surface area (Å²) in [5.41, 5.74) is 0.505. The fourth-order valence-electron chi connectivity index (χ4n) is 1.14. The number of hydrogen-bond donors (Lipinski definition) is 3. The van der Waals surface area contributed by atoms with E-state index in [1.54, 1.807) is 6.20 Å². The number of halogens is 1. The molecule has 0 aliphatic heterocycles. The number of amides is 2. The Balaban J connectivity index is 1.95. The zero-order valence-corrected chi connectivity index (χ0v) is 8.20. The lowest BCUT2D eigenvalue weighted by Gasteiger charge is -2.04. The first-order valence-electron chi connectivity index (χ1n) is 4.57. The summed E-state index contributed by atoms with van der Waals surface area (Å²) >= 11 is 0. The van der Waals surface area contributed by atoms with Gasteiger partial charge in [0.2, 0.25) is 5.95 Å². The molecule has 0 spiro atoms. The van der Waals surface area contributed by atoms with E-state index in [4.69, 9.17) is 0 Å². The standard InChI is InChI=1S/C10H9FN4O/c11-7-1-3-8(4-2-7)14-10(16)15-9-12-5-6-13-9/h1-6H,(H3,12,13,14,15,16). The number of carbonyl (C=O) groups excluding carboxylic acids is 1. The molecule has 3 N–H and O–H groups in total. The van der Waals surface area contributed by atoms with Gasteiger partial charge in [0.25, 0.3) is 0 Å². The minimum Gasteiger partial charge on any atom is -0.331 e. The Kier molecular flexibility index (Phi) is 2.81. The van der Waals surface area contributed by atoms with Crippen molar-refractivity contribution >= 4 is 17.7 Å². The van der Waals surface area contributed by atoms with Crippen LogP contribution in [0.3, 0.4) is 0 Å². The quantitative estimate of drug-likeness (QED) is 0.726. The molecule has 0 atom stereocenters. The number of imidazole rings is 1. The Morgan fingerprint density at radius 1 is 1.25 bits per heavy atom. The van der Waals surface area contributed by atoms with Crippen LogP contribution in [0.15, 0.2) is 36.7 Å². The largest absolute Gasteiger partial charge is 0.331 e. The number of H-pyrrole nitrogens is 1. The van der Waals surface area contributed by atoms with Crippen LogP contribution in [-0.2, 0) is 0 Å². The Morgan fingerprint density at radius 3 is 2.62 bits per heavy atom. The van der Waals surface area contributed by atoms with E-state index >= 15 is 0 Å². The number of benzene rings is 1. The molecule has 0 saturated carbocycles. The van der Waals surface area contributed by atoms with Gasteiger partial charge >= 0.3 is 6.03 Å². The van der Waals surface area contributed by atoms with Crippen LogP contribution in [0.4, 0.5) is 20.8 Å². The highest BCUT2D eigenvalue weighted by Gasteiger charge is 2.03. The lowest BCUT2D eigenvalue weighted by atomic mass is 10.3. The third-order valence-electron chi connectivity index (χ3n) is 1.83. The van der Waals surface area contributed by atoms with E-state index in [9.17, 15) is 9.18 Å². The fraction of sp³-hybridized carbons (Fsp3) is 0. The van der Waals surface area contributed by atoms with Crippen molar-refractivity contribution in [3.8, 4) is 0 Å². The highest BCUT2D eigenvalue weighted by molar-refractivity contribution is 5.98. The van der Waals surface area contributed by atoms with Gasteiger partial charge in [-0.2, -0.15) is 0 Å². The fourth-order valence-corrected chi connectivity index (χ4v) is 1.14. The van der Waals surface area contributed by atoms with Crippen LogP contribution in [0, 0.1) is 5.82 Å². The van der Waals surface area contributed by atoms with Crippen LogP contribution in [0.5, 0.6) is 0 Å². The molecule has 2 rings (SSSR count). The molecule has 1 aromatic carbocycles. The number of nitrogens with zero attached hydrogens (tertiary/aromatic N) is 1. The van der Waals surface area contributed by atoms with E-state index in [0.717, 1.165) is 0 Å². The number of urea groups is 1. The van der Waals surface area contributed by atoms with Crippen LogP contribution in [0.25, 0.3) is 0 Å². The third-order valence-corrected chi connectivity index (χ3v) is 1.83. The van der Waals surface area contributed by atoms with Gasteiger partial charge in [-0.15, -0.1) is 0 Å². The lowest BCUT2D eigenvalue weighted by molar-refractivity contribution is 0.262. The van der Waals surface area contributed by atoms with Crippen molar-refractivity contribution < 1.29 is 9.18 Å². The smallest absolute Gasteiger partial charge is 0.326 e. The van der Waals surface area contributed by atoms with Crippen LogP contribution < -0.4 is 10.6 Å². The molecule has 0 aliphatic rings. The molecule has 0 aliphatic carbocycles. The molecule has 2 amide bonds. The lowest BCUT2D eigenvalue weighted by Crippen LogP contribution is -2.20. The second-order valence-electron chi connectivity index (χ2n) is 3.02. The molecular formula is C10H9FN4O. The third kappa shape index (κ3) is 2.57. The first kappa shape index (κ1) is 10.2. The summed E-state index contributed by atoms with van der Waals surface area (Å²) in [6, 6.07) is 5.03. The number of aromatic nitrogens is 2. The molecule has 0 fully saturated rings. The van der Waals surface area contributed by atoms with E-state index < -0.39 is 6.03 Å². The van der Waals surface area contributed by atoms with Gasteiger partial charge in [-0.05, 0) is 24.3 Å². The maximum Gasteiger partial charge on any atom is 0.326 e. The zero-order chi connectivity index (χ0) is 11.4. The van der Waals surface area contributed by atoms with Crippen molar-refractivity contribution in [2.75, 3.05) is 10.6 Å². The van der Waals surface area contributed by atoms with E-state index in [0.29, 0.717) is 11.6 Å². The van der Waals surface area contributed by atoms with Gasteiger partial charge in [0.05, 0.1) is 0 Å². The van der Waals surface area contributed by atoms with E-state index in [1.165, 1.54) is 30.5 Å². The van der Waals surface area contributed by atoms with Crippen LogP contribution in [0.1, 0.15) is 0 Å². The second-order valence-corrected chi connectivity index (χ2v) is 3.02. The maximum atomic E-state index is 12.6. The maximum absolute atomic E-state index is 12.6. The molecule has 16 heavy (non-hydrogen) atoms. The molecule has 1 heterocycles. The summed E-state index contributed by atoms with van der Waals surface area (Å²) in [4.78, 5) is 17.9. The molecule has 82 valence electrons. The minimum absolute atomic E-state index is 0.347. The van der Waals surface area contributed by atoms with E-state index in [2.05, 4.69) is 20.6 Å². The molecule has 1 aromatic heterocycles. The van der Waals surface area contributed by atoms with E-state index in [1.807, 2.05) is 0 Å². The van der Waals surface area contributed by atoms with Gasteiger partial charge in [-0.3, -0.25) is 5.32 Å². The average Bonchev–Trinajstić information content (AvgIpc) is 2.74. The van der Waals surface area contributed by atoms with Crippen molar-refractivity contribution in [2.24, 2.45) is 0 Å². The number of hydrogen-bond acceptors (Lipinski definition) is 2. The number of aromatic amines is 1. The average molecular weight is 220 g/mol. The Bertz CT molecular complexity index is 466. The Labute approximate surface area is 90.7 Å². The number of nitrogens with one attached hydrogen (secondary N) is 3. The second kappa shape index (κ2) is 4.43. The first-order valence-corrected chi connectivity index (χ1v) is 4.57. The monoisotopic (exact) mass is 220 g/mol. The summed E-state index contributed by atoms with van der Waals surface area (Å²) in [5.74, 6) is -0.00314. The molecule has 0 radical (unpaired) electrons. The summed E-state index contributed by atoms with van der Waals surface area (Å²) in [7, 11) is 0. The van der Waals surface area contributed by atoms with Gasteiger partial charge in [0.15, 0.2) is 0 Å². The minimum atomic E-state index is -0.443. The predicted octanol–water partition coefficient (Wildman–Crippen LogP) is 2.19. The molecule has 0 unspecified atom stereocenters. The Morgan fingerprint density at radius 2 is 2.00 bits per heavy atom. The van der Waals surface area contributed by atoms with Gasteiger partial charge in [-0.1, -0.05) is 0 Å². The normalized spacial score (nSPS) is 9.81. The van der Waals surface area contributed by atoms with Gasteiger partial charge in [-0.25, -0.2) is 14.2 Å². The zero-order valence-electron chi connectivity index (χ0n) is 8.20. The van der Waals surface area contributed by atoms with Crippen molar-refractivity contribution in [1.82, 2.24) is 9.97 Å². The molecule has 5 nitrogen and oxygen atoms in total. The summed E-state index contributed by atoms with van der Waals surface area (Å²) in [5, 5.41) is 5.01. The van der Waals surface area contributed by atoms with Gasteiger partial charge in [0, 0.05) is 18.1 Å². The number of carbonyl (C=O) groups is 1. The molecule has 6 heteroatoms. The SMILES string of the molecule is O=C(Nc1ccc(F)cc1)Nc1ncc[nH]1. The van der Waals surface area contributed by atoms with Crippen molar-refractivity contribution in [2.45, 2.75) is 0 Å². The molecule has 0 bridgehead atoms.